The third-order valence-corrected chi connectivity index (χ3v) is 5.66. The molecule has 0 amide bonds. The molecule has 0 N–H and O–H groups in total. The number of aryl methyl sites for hydroxylation is 2. The van der Waals surface area contributed by atoms with E-state index in [-0.39, 0.29) is 0 Å². The van der Waals surface area contributed by atoms with Crippen LogP contribution in [-0.2, 0) is 13.5 Å². The van der Waals surface area contributed by atoms with E-state index in [1.807, 2.05) is 60.4 Å². The highest BCUT2D eigenvalue weighted by Crippen LogP contribution is 2.38. The third kappa shape index (κ3) is 3.12. The Morgan fingerprint density at radius 1 is 1.17 bits per heavy atom. The first kappa shape index (κ1) is 19.0. The molecule has 3 nitrogen and oxygen atoms in total. The Morgan fingerprint density at radius 2 is 1.97 bits per heavy atom. The smallest absolute Gasteiger partial charge is 0.100 e. The number of hydrogen-bond acceptors (Lipinski definition) is 2. The highest BCUT2D eigenvalue weighted by molar-refractivity contribution is 6.32. The number of nitrogens with zero attached hydrogens (tertiary/aromatic N) is 3. The quantitative estimate of drug-likeness (QED) is 0.387. The molecule has 0 aliphatic carbocycles. The molecule has 1 aromatic heterocycles. The average molecular weight is 398 g/mol. The van der Waals surface area contributed by atoms with Gasteiger partial charge in [0.2, 0.25) is 0 Å². The molecule has 142 valence electrons. The zero-order chi connectivity index (χ0) is 20.5. The van der Waals surface area contributed by atoms with Gasteiger partial charge in [-0.3, -0.25) is 4.68 Å². The van der Waals surface area contributed by atoms with Crippen LogP contribution < -0.4 is 0 Å². The minimum absolute atomic E-state index is 0.650. The van der Waals surface area contributed by atoms with Gasteiger partial charge in [0.15, 0.2) is 0 Å². The summed E-state index contributed by atoms with van der Waals surface area (Å²) in [6.07, 6.45) is 4.49. The molecule has 0 radical (unpaired) electrons. The summed E-state index contributed by atoms with van der Waals surface area (Å²) in [6.45, 7) is 5.99. The first-order chi connectivity index (χ1) is 14.1. The van der Waals surface area contributed by atoms with Crippen molar-refractivity contribution in [3.8, 4) is 28.5 Å². The summed E-state index contributed by atoms with van der Waals surface area (Å²) < 4.78 is 1.82. The maximum Gasteiger partial charge on any atom is 0.100 e. The first-order valence-corrected chi connectivity index (χ1v) is 9.86. The van der Waals surface area contributed by atoms with Gasteiger partial charge in [-0.25, -0.2) is 0 Å². The largest absolute Gasteiger partial charge is 0.267 e. The lowest BCUT2D eigenvalue weighted by molar-refractivity contribution is 0.776. The highest BCUT2D eigenvalue weighted by atomic mass is 35.5. The second-order valence-electron chi connectivity index (χ2n) is 6.94. The normalized spacial score (nSPS) is 10.8. The van der Waals surface area contributed by atoms with Crippen molar-refractivity contribution >= 4 is 28.4 Å². The van der Waals surface area contributed by atoms with E-state index < -0.39 is 0 Å². The molecule has 0 saturated heterocycles. The van der Waals surface area contributed by atoms with Gasteiger partial charge in [0.25, 0.3) is 0 Å². The molecule has 0 saturated carbocycles. The van der Waals surface area contributed by atoms with E-state index in [0.29, 0.717) is 10.6 Å². The Kier molecular flexibility index (Phi) is 4.96. The van der Waals surface area contributed by atoms with Gasteiger partial charge in [-0.05, 0) is 34.6 Å². The van der Waals surface area contributed by atoms with Crippen molar-refractivity contribution in [2.45, 2.75) is 13.3 Å². The number of aromatic nitrogens is 2. The van der Waals surface area contributed by atoms with Gasteiger partial charge in [-0.1, -0.05) is 73.6 Å². The monoisotopic (exact) mass is 397 g/mol. The minimum Gasteiger partial charge on any atom is -0.267 e. The second kappa shape index (κ2) is 7.58. The number of rotatable bonds is 4. The van der Waals surface area contributed by atoms with E-state index in [1.54, 1.807) is 6.08 Å². The van der Waals surface area contributed by atoms with E-state index in [4.69, 9.17) is 11.6 Å². The molecule has 0 aliphatic heterocycles. The number of nitriles is 1. The van der Waals surface area contributed by atoms with Gasteiger partial charge in [-0.15, -0.1) is 0 Å². The zero-order valence-electron chi connectivity index (χ0n) is 16.4. The Bertz CT molecular complexity index is 1290. The predicted molar refractivity (Wildman–Crippen MR) is 121 cm³/mol. The van der Waals surface area contributed by atoms with E-state index in [0.717, 1.165) is 50.7 Å². The average Bonchev–Trinajstić information content (AvgIpc) is 3.13. The summed E-state index contributed by atoms with van der Waals surface area (Å²) in [5.41, 5.74) is 6.45. The molecular formula is C25H20ClN3. The summed E-state index contributed by atoms with van der Waals surface area (Å²) >= 11 is 6.55. The molecule has 0 aliphatic rings. The fourth-order valence-electron chi connectivity index (χ4n) is 3.91. The van der Waals surface area contributed by atoms with E-state index in [9.17, 15) is 5.26 Å². The number of fused-ring (bicyclic) bond motifs is 1. The van der Waals surface area contributed by atoms with Crippen LogP contribution in [0.25, 0.3) is 39.2 Å². The lowest BCUT2D eigenvalue weighted by Crippen LogP contribution is -1.98. The van der Waals surface area contributed by atoms with Crippen molar-refractivity contribution < 1.29 is 0 Å². The molecule has 29 heavy (non-hydrogen) atoms. The van der Waals surface area contributed by atoms with Crippen molar-refractivity contribution in [3.05, 3.63) is 83.0 Å². The summed E-state index contributed by atoms with van der Waals surface area (Å²) in [5, 5.41) is 17.1. The first-order valence-electron chi connectivity index (χ1n) is 9.48. The molecule has 0 fully saturated rings. The van der Waals surface area contributed by atoms with Crippen LogP contribution in [0.15, 0.2) is 61.3 Å². The molecule has 0 atom stereocenters. The van der Waals surface area contributed by atoms with Crippen LogP contribution in [0.3, 0.4) is 0 Å². The SMILES string of the molecule is C=Cc1c(Cl)cc(-c2cnn(C)c2-c2ccc3ccccc3c2C#N)cc1CC. The van der Waals surface area contributed by atoms with Crippen molar-refractivity contribution in [2.75, 3.05) is 0 Å². The zero-order valence-corrected chi connectivity index (χ0v) is 17.2. The van der Waals surface area contributed by atoms with E-state index >= 15 is 0 Å². The van der Waals surface area contributed by atoms with Crippen molar-refractivity contribution in [1.29, 1.82) is 5.26 Å². The molecular weight excluding hydrogens is 378 g/mol. The van der Waals surface area contributed by atoms with Crippen LogP contribution in [0.5, 0.6) is 0 Å². The van der Waals surface area contributed by atoms with E-state index in [2.05, 4.69) is 30.7 Å². The van der Waals surface area contributed by atoms with Crippen LogP contribution >= 0.6 is 11.6 Å². The Labute approximate surface area is 175 Å². The molecule has 4 heteroatoms. The Balaban J connectivity index is 2.00. The summed E-state index contributed by atoms with van der Waals surface area (Å²) in [7, 11) is 1.90. The summed E-state index contributed by atoms with van der Waals surface area (Å²) in [6, 6.07) is 18.5. The molecule has 0 spiro atoms. The standard InChI is InChI=1S/C25H20ClN3/c1-4-16-12-18(13-24(26)19(16)5-2)23-15-28-29(3)25(23)21-11-10-17-8-6-7-9-20(17)22(21)14-27/h5-13,15H,2,4H2,1,3H3. The van der Waals surface area contributed by atoms with Gasteiger partial charge in [0.1, 0.15) is 6.07 Å². The Morgan fingerprint density at radius 3 is 2.69 bits per heavy atom. The fourth-order valence-corrected chi connectivity index (χ4v) is 4.22. The van der Waals surface area contributed by atoms with Crippen LogP contribution in [0, 0.1) is 11.3 Å². The van der Waals surface area contributed by atoms with Crippen molar-refractivity contribution in [1.82, 2.24) is 9.78 Å². The molecule has 1 heterocycles. The number of halogens is 1. The van der Waals surface area contributed by atoms with Crippen LogP contribution in [0.4, 0.5) is 0 Å². The Hall–Kier alpha value is -3.35. The molecule has 0 bridgehead atoms. The third-order valence-electron chi connectivity index (χ3n) is 5.35. The maximum absolute atomic E-state index is 9.95. The fraction of sp³-hybridized carbons (Fsp3) is 0.120. The van der Waals surface area contributed by atoms with Crippen molar-refractivity contribution in [2.24, 2.45) is 7.05 Å². The topological polar surface area (TPSA) is 41.6 Å². The van der Waals surface area contributed by atoms with Crippen LogP contribution in [0.1, 0.15) is 23.6 Å². The highest BCUT2D eigenvalue weighted by Gasteiger charge is 2.19. The maximum atomic E-state index is 9.95. The predicted octanol–water partition coefficient (Wildman–Crippen LogP) is 6.64. The van der Waals surface area contributed by atoms with Crippen molar-refractivity contribution in [3.63, 3.8) is 0 Å². The second-order valence-corrected chi connectivity index (χ2v) is 7.35. The van der Waals surface area contributed by atoms with Gasteiger partial charge < -0.3 is 0 Å². The van der Waals surface area contributed by atoms with Gasteiger partial charge >= 0.3 is 0 Å². The minimum atomic E-state index is 0.650. The molecule has 3 aromatic carbocycles. The lowest BCUT2D eigenvalue weighted by Gasteiger charge is -2.13. The molecule has 0 unspecified atom stereocenters. The van der Waals surface area contributed by atoms with Crippen LogP contribution in [0.2, 0.25) is 5.02 Å². The van der Waals surface area contributed by atoms with Gasteiger partial charge in [-0.2, -0.15) is 10.4 Å². The van der Waals surface area contributed by atoms with Gasteiger partial charge in [0, 0.05) is 28.6 Å². The lowest BCUT2D eigenvalue weighted by atomic mass is 9.92. The van der Waals surface area contributed by atoms with Gasteiger partial charge in [0.05, 0.1) is 17.5 Å². The summed E-state index contributed by atoms with van der Waals surface area (Å²) in [5.74, 6) is 0. The van der Waals surface area contributed by atoms with E-state index in [1.165, 1.54) is 0 Å². The number of hydrogen-bond donors (Lipinski definition) is 0. The summed E-state index contributed by atoms with van der Waals surface area (Å²) in [4.78, 5) is 0. The van der Waals surface area contributed by atoms with Crippen LogP contribution in [-0.4, -0.2) is 9.78 Å². The molecule has 4 rings (SSSR count). The number of benzene rings is 3. The molecule has 4 aromatic rings.